The van der Waals surface area contributed by atoms with E-state index >= 15 is 0 Å². The molecule has 0 radical (unpaired) electrons. The van der Waals surface area contributed by atoms with Gasteiger partial charge in [-0.2, -0.15) is 0 Å². The van der Waals surface area contributed by atoms with Crippen LogP contribution >= 0.6 is 0 Å². The van der Waals surface area contributed by atoms with Crippen molar-refractivity contribution in [2.45, 2.75) is 14.8 Å². The first-order valence-corrected chi connectivity index (χ1v) is 12.7. The molecule has 0 aliphatic rings. The fourth-order valence-electron chi connectivity index (χ4n) is 0. The third-order valence-electron chi connectivity index (χ3n) is 0.175. The van der Waals surface area contributed by atoms with Crippen molar-refractivity contribution in [3.05, 3.63) is 12.7 Å². The van der Waals surface area contributed by atoms with E-state index in [9.17, 15) is 4.79 Å². The summed E-state index contributed by atoms with van der Waals surface area (Å²) in [4.78, 5) is 16.4. The first-order valence-electron chi connectivity index (χ1n) is 2.86. The summed E-state index contributed by atoms with van der Waals surface area (Å²) in [6.07, 6.45) is 0.833. The maximum atomic E-state index is 9.25. The number of hydrogen-bond donors (Lipinski definition) is 1. The van der Waals surface area contributed by atoms with Gasteiger partial charge in [0.05, 0.1) is 0 Å². The second-order valence-corrected chi connectivity index (χ2v) is 12.2. The van der Waals surface area contributed by atoms with Crippen molar-refractivity contribution in [3.8, 4) is 0 Å². The molecule has 0 heterocycles. The van der Waals surface area contributed by atoms with Crippen LogP contribution in [0.5, 0.6) is 0 Å². The molecule has 0 bridgehead atoms. The van der Waals surface area contributed by atoms with E-state index < -0.39 is 25.7 Å². The van der Waals surface area contributed by atoms with Crippen molar-refractivity contribution in [1.82, 2.24) is 0 Å². The third kappa shape index (κ3) is 71.7. The second kappa shape index (κ2) is 8.01. The van der Waals surface area contributed by atoms with Crippen LogP contribution in [0.1, 0.15) is 0 Å². The summed E-state index contributed by atoms with van der Waals surface area (Å²) in [5.74, 6) is -0.981. The van der Waals surface area contributed by atoms with Crippen LogP contribution in [0.2, 0.25) is 14.8 Å². The normalized spacial score (nSPS) is 7.56. The van der Waals surface area contributed by atoms with Crippen molar-refractivity contribution in [3.63, 3.8) is 0 Å². The zero-order chi connectivity index (χ0) is 7.86. The molecule has 0 saturated heterocycles. The average Bonchev–Trinajstić information content (AvgIpc) is 1.65. The number of rotatable bonds is 1. The van der Waals surface area contributed by atoms with Crippen LogP contribution in [0.3, 0.4) is 0 Å². The van der Waals surface area contributed by atoms with E-state index in [1.54, 1.807) is 0 Å². The molecule has 0 fully saturated rings. The molecule has 0 aliphatic heterocycles. The number of carbonyl (C=O) groups is 1. The van der Waals surface area contributed by atoms with Crippen LogP contribution in [-0.2, 0) is 4.79 Å². The fourth-order valence-corrected chi connectivity index (χ4v) is 0. The molecule has 0 aromatic carbocycles. The van der Waals surface area contributed by atoms with Gasteiger partial charge >= 0.3 is 40.5 Å². The zero-order valence-electron chi connectivity index (χ0n) is 6.22. The molecule has 0 saturated carbocycles. The Morgan fingerprint density at radius 1 is 1.56 bits per heavy atom. The Kier molecular flexibility index (Phi) is 10.5. The first-order chi connectivity index (χ1) is 4.00. The molecule has 0 amide bonds. The van der Waals surface area contributed by atoms with Crippen molar-refractivity contribution in [1.29, 1.82) is 0 Å². The number of aliphatic carboxylic acids is 1. The quantitative estimate of drug-likeness (QED) is 0.552. The molecular formula is C6H14O2Sn. The summed E-state index contributed by atoms with van der Waals surface area (Å²) in [5, 5.41) is 7.60. The van der Waals surface area contributed by atoms with Gasteiger partial charge in [0.2, 0.25) is 0 Å². The minimum absolute atomic E-state index is 0.637. The molecule has 1 N–H and O–H groups in total. The number of carboxylic acid groups (broad SMARTS) is 1. The summed E-state index contributed by atoms with van der Waals surface area (Å²) in [5.41, 5.74) is 0. The van der Waals surface area contributed by atoms with Gasteiger partial charge in [-0.25, -0.2) is 4.79 Å². The molecule has 0 aromatic rings. The molecule has 0 spiro atoms. The Hall–Kier alpha value is 0.00870. The Morgan fingerprint density at radius 3 is 1.67 bits per heavy atom. The molecule has 2 nitrogen and oxygen atoms in total. The zero-order valence-corrected chi connectivity index (χ0v) is 9.51. The molecule has 0 aliphatic carbocycles. The van der Waals surface area contributed by atoms with Gasteiger partial charge in [0.25, 0.3) is 0 Å². The van der Waals surface area contributed by atoms with Crippen LogP contribution in [0.15, 0.2) is 12.7 Å². The predicted molar refractivity (Wildman–Crippen MR) is 42.6 cm³/mol. The maximum absolute atomic E-state index is 9.25. The molecule has 0 atom stereocenters. The van der Waals surface area contributed by atoms with Gasteiger partial charge in [-0.3, -0.25) is 0 Å². The SMILES string of the molecule is C=CC(=O)O.[CH3][SnH]([CH3])[CH3]. The number of carboxylic acids is 1. The predicted octanol–water partition coefficient (Wildman–Crippen LogP) is 1.36. The van der Waals surface area contributed by atoms with Gasteiger partial charge in [0, 0.05) is 6.08 Å². The topological polar surface area (TPSA) is 37.3 Å². The third-order valence-corrected chi connectivity index (χ3v) is 0.175. The van der Waals surface area contributed by atoms with Crippen LogP contribution in [-0.4, -0.2) is 30.8 Å². The molecule has 9 heavy (non-hydrogen) atoms. The van der Waals surface area contributed by atoms with Crippen LogP contribution in [0.4, 0.5) is 0 Å². The molecule has 0 aromatic heterocycles. The van der Waals surface area contributed by atoms with Crippen molar-refractivity contribution < 1.29 is 9.90 Å². The average molecular weight is 237 g/mol. The van der Waals surface area contributed by atoms with Gasteiger partial charge < -0.3 is 5.11 Å². The molecule has 3 heteroatoms. The van der Waals surface area contributed by atoms with Crippen molar-refractivity contribution in [2.24, 2.45) is 0 Å². The second-order valence-electron chi connectivity index (χ2n) is 2.27. The van der Waals surface area contributed by atoms with Gasteiger partial charge in [0.15, 0.2) is 0 Å². The summed E-state index contributed by atoms with van der Waals surface area (Å²) in [6.45, 7) is 2.96. The first kappa shape index (κ1) is 11.8. The van der Waals surface area contributed by atoms with Gasteiger partial charge in [-0.05, 0) is 0 Å². The van der Waals surface area contributed by atoms with E-state index in [2.05, 4.69) is 21.4 Å². The van der Waals surface area contributed by atoms with Crippen LogP contribution in [0.25, 0.3) is 0 Å². The Morgan fingerprint density at radius 2 is 1.67 bits per heavy atom. The van der Waals surface area contributed by atoms with Crippen LogP contribution in [0, 0.1) is 0 Å². The Bertz CT molecular complexity index is 86.3. The monoisotopic (exact) mass is 238 g/mol. The van der Waals surface area contributed by atoms with E-state index in [1.165, 1.54) is 0 Å². The standard InChI is InChI=1S/C3H4O2.3CH3.Sn.H/c1-2-3(4)5;;;;;/h2H,1H2,(H,4,5);3*1H3;;. The van der Waals surface area contributed by atoms with E-state index in [-0.39, 0.29) is 0 Å². The fraction of sp³-hybridized carbons (Fsp3) is 0.500. The summed E-state index contributed by atoms with van der Waals surface area (Å²) in [6, 6.07) is 0. The summed E-state index contributed by atoms with van der Waals surface area (Å²) < 4.78 is 0. The molecule has 54 valence electrons. The molecular weight excluding hydrogens is 223 g/mol. The molecule has 0 rings (SSSR count). The molecule has 0 unspecified atom stereocenters. The van der Waals surface area contributed by atoms with Crippen LogP contribution < -0.4 is 0 Å². The Balaban J connectivity index is 0. The van der Waals surface area contributed by atoms with Gasteiger partial charge in [-0.1, -0.05) is 6.58 Å². The summed E-state index contributed by atoms with van der Waals surface area (Å²) in [7, 11) is 0. The summed E-state index contributed by atoms with van der Waals surface area (Å²) >= 11 is -0.637. The minimum atomic E-state index is -0.981. The van der Waals surface area contributed by atoms with Crippen molar-refractivity contribution in [2.75, 3.05) is 0 Å². The van der Waals surface area contributed by atoms with E-state index in [1.807, 2.05) is 0 Å². The van der Waals surface area contributed by atoms with E-state index in [4.69, 9.17) is 5.11 Å². The van der Waals surface area contributed by atoms with Crippen molar-refractivity contribution >= 4 is 25.7 Å². The van der Waals surface area contributed by atoms with E-state index in [0.29, 0.717) is 0 Å². The van der Waals surface area contributed by atoms with E-state index in [0.717, 1.165) is 6.08 Å². The Labute approximate surface area is 63.3 Å². The van der Waals surface area contributed by atoms with Gasteiger partial charge in [-0.15, -0.1) is 0 Å². The van der Waals surface area contributed by atoms with Gasteiger partial charge in [0.1, 0.15) is 0 Å². The number of hydrogen-bond acceptors (Lipinski definition) is 1.